The Morgan fingerprint density at radius 2 is 2.08 bits per heavy atom. The highest BCUT2D eigenvalue weighted by atomic mass is 35.5. The minimum atomic E-state index is 0.840. The van der Waals surface area contributed by atoms with E-state index in [-0.39, 0.29) is 0 Å². The summed E-state index contributed by atoms with van der Waals surface area (Å²) in [7, 11) is 0. The molecular formula is C11H13Cl. The fraction of sp³-hybridized carbons (Fsp3) is 0.273. The summed E-state index contributed by atoms with van der Waals surface area (Å²) in [6, 6.07) is 7.91. The molecule has 1 aromatic rings. The predicted molar refractivity (Wildman–Crippen MR) is 54.6 cm³/mol. The molecule has 0 amide bonds. The average Bonchev–Trinajstić information content (AvgIpc) is 2.09. The maximum atomic E-state index is 5.98. The maximum Gasteiger partial charge on any atom is 0.0441 e. The zero-order chi connectivity index (χ0) is 8.97. The van der Waals surface area contributed by atoms with Gasteiger partial charge < -0.3 is 0 Å². The SMILES string of the molecule is C=C(CC)Cc1ccccc1Cl. The third kappa shape index (κ3) is 2.38. The zero-order valence-corrected chi connectivity index (χ0v) is 8.06. The molecule has 0 radical (unpaired) electrons. The van der Waals surface area contributed by atoms with Gasteiger partial charge in [0.25, 0.3) is 0 Å². The van der Waals surface area contributed by atoms with E-state index in [0.29, 0.717) is 0 Å². The highest BCUT2D eigenvalue weighted by Crippen LogP contribution is 2.18. The van der Waals surface area contributed by atoms with Crippen LogP contribution >= 0.6 is 11.6 Å². The van der Waals surface area contributed by atoms with Gasteiger partial charge in [-0.3, -0.25) is 0 Å². The van der Waals surface area contributed by atoms with Gasteiger partial charge in [0.1, 0.15) is 0 Å². The quantitative estimate of drug-likeness (QED) is 0.620. The smallest absolute Gasteiger partial charge is 0.0441 e. The molecule has 12 heavy (non-hydrogen) atoms. The van der Waals surface area contributed by atoms with Gasteiger partial charge in [-0.25, -0.2) is 0 Å². The van der Waals surface area contributed by atoms with Crippen LogP contribution in [-0.2, 0) is 6.42 Å². The van der Waals surface area contributed by atoms with Crippen LogP contribution in [0.3, 0.4) is 0 Å². The molecular weight excluding hydrogens is 168 g/mol. The fourth-order valence-electron chi connectivity index (χ4n) is 1.04. The molecule has 0 unspecified atom stereocenters. The Balaban J connectivity index is 2.75. The third-order valence-corrected chi connectivity index (χ3v) is 2.27. The van der Waals surface area contributed by atoms with Crippen LogP contribution in [0, 0.1) is 0 Å². The Kier molecular flexibility index (Phi) is 3.36. The fourth-order valence-corrected chi connectivity index (χ4v) is 1.24. The summed E-state index contributed by atoms with van der Waals surface area (Å²) in [6.07, 6.45) is 1.92. The molecule has 1 heteroatoms. The van der Waals surface area contributed by atoms with Crippen molar-refractivity contribution in [3.63, 3.8) is 0 Å². The summed E-state index contributed by atoms with van der Waals surface area (Å²) >= 11 is 5.98. The molecule has 0 nitrogen and oxygen atoms in total. The molecule has 1 aromatic carbocycles. The largest absolute Gasteiger partial charge is 0.0995 e. The lowest BCUT2D eigenvalue weighted by atomic mass is 10.1. The molecule has 0 bridgehead atoms. The lowest BCUT2D eigenvalue weighted by molar-refractivity contribution is 1.01. The summed E-state index contributed by atoms with van der Waals surface area (Å²) in [6.45, 7) is 6.06. The molecule has 0 aliphatic carbocycles. The van der Waals surface area contributed by atoms with E-state index in [4.69, 9.17) is 11.6 Å². The van der Waals surface area contributed by atoms with Gasteiger partial charge in [0, 0.05) is 5.02 Å². The lowest BCUT2D eigenvalue weighted by Gasteiger charge is -2.04. The summed E-state index contributed by atoms with van der Waals surface area (Å²) in [5.41, 5.74) is 2.40. The van der Waals surface area contributed by atoms with Crippen LogP contribution < -0.4 is 0 Å². The van der Waals surface area contributed by atoms with Crippen molar-refractivity contribution >= 4 is 11.6 Å². The summed E-state index contributed by atoms with van der Waals surface area (Å²) in [4.78, 5) is 0. The normalized spacial score (nSPS) is 9.83. The first-order valence-electron chi connectivity index (χ1n) is 4.14. The molecule has 64 valence electrons. The van der Waals surface area contributed by atoms with E-state index in [0.717, 1.165) is 17.9 Å². The van der Waals surface area contributed by atoms with Crippen LogP contribution in [0.15, 0.2) is 36.4 Å². The number of allylic oxidation sites excluding steroid dienone is 1. The number of benzene rings is 1. The molecule has 0 saturated carbocycles. The van der Waals surface area contributed by atoms with Gasteiger partial charge in [-0.05, 0) is 24.5 Å². The molecule has 0 aliphatic rings. The zero-order valence-electron chi connectivity index (χ0n) is 7.31. The van der Waals surface area contributed by atoms with E-state index in [9.17, 15) is 0 Å². The topological polar surface area (TPSA) is 0 Å². The highest BCUT2D eigenvalue weighted by Gasteiger charge is 1.99. The first kappa shape index (κ1) is 9.34. The Bertz CT molecular complexity index is 276. The summed E-state index contributed by atoms with van der Waals surface area (Å²) < 4.78 is 0. The number of hydrogen-bond donors (Lipinski definition) is 0. The maximum absolute atomic E-state index is 5.98. The van der Waals surface area contributed by atoms with E-state index in [1.165, 1.54) is 11.1 Å². The monoisotopic (exact) mass is 180 g/mol. The van der Waals surface area contributed by atoms with E-state index in [2.05, 4.69) is 13.5 Å². The van der Waals surface area contributed by atoms with Crippen molar-refractivity contribution in [1.82, 2.24) is 0 Å². The minimum absolute atomic E-state index is 0.840. The van der Waals surface area contributed by atoms with Gasteiger partial charge in [0.2, 0.25) is 0 Å². The first-order chi connectivity index (χ1) is 5.74. The van der Waals surface area contributed by atoms with Gasteiger partial charge in [-0.15, -0.1) is 0 Å². The van der Waals surface area contributed by atoms with Crippen LogP contribution in [-0.4, -0.2) is 0 Å². The summed E-state index contributed by atoms with van der Waals surface area (Å²) in [5.74, 6) is 0. The summed E-state index contributed by atoms with van der Waals surface area (Å²) in [5, 5.41) is 0.840. The third-order valence-electron chi connectivity index (χ3n) is 1.90. The average molecular weight is 181 g/mol. The van der Waals surface area contributed by atoms with Crippen LogP contribution in [0.5, 0.6) is 0 Å². The molecule has 0 fully saturated rings. The Morgan fingerprint density at radius 3 is 2.67 bits per heavy atom. The van der Waals surface area contributed by atoms with Gasteiger partial charge in [-0.2, -0.15) is 0 Å². The lowest BCUT2D eigenvalue weighted by Crippen LogP contribution is -1.88. The molecule has 0 N–H and O–H groups in total. The van der Waals surface area contributed by atoms with Crippen molar-refractivity contribution in [3.8, 4) is 0 Å². The minimum Gasteiger partial charge on any atom is -0.0995 e. The molecule has 0 atom stereocenters. The van der Waals surface area contributed by atoms with E-state index < -0.39 is 0 Å². The standard InChI is InChI=1S/C11H13Cl/c1-3-9(2)8-10-6-4-5-7-11(10)12/h4-7H,2-3,8H2,1H3. The van der Waals surface area contributed by atoms with Crippen molar-refractivity contribution in [1.29, 1.82) is 0 Å². The van der Waals surface area contributed by atoms with E-state index in [1.807, 2.05) is 24.3 Å². The second-order valence-corrected chi connectivity index (χ2v) is 3.28. The van der Waals surface area contributed by atoms with Crippen molar-refractivity contribution in [2.45, 2.75) is 19.8 Å². The Hall–Kier alpha value is -0.750. The Labute approximate surface area is 78.9 Å². The number of halogens is 1. The molecule has 0 heterocycles. The molecule has 1 rings (SSSR count). The first-order valence-corrected chi connectivity index (χ1v) is 4.52. The Morgan fingerprint density at radius 1 is 1.42 bits per heavy atom. The van der Waals surface area contributed by atoms with Gasteiger partial charge in [-0.1, -0.05) is 48.9 Å². The van der Waals surface area contributed by atoms with Crippen LogP contribution in [0.25, 0.3) is 0 Å². The van der Waals surface area contributed by atoms with Crippen molar-refractivity contribution in [2.24, 2.45) is 0 Å². The van der Waals surface area contributed by atoms with Crippen LogP contribution in [0.1, 0.15) is 18.9 Å². The second kappa shape index (κ2) is 4.32. The van der Waals surface area contributed by atoms with Gasteiger partial charge in [0.05, 0.1) is 0 Å². The molecule has 0 aliphatic heterocycles. The molecule has 0 saturated heterocycles. The van der Waals surface area contributed by atoms with Crippen molar-refractivity contribution in [2.75, 3.05) is 0 Å². The van der Waals surface area contributed by atoms with Gasteiger partial charge in [0.15, 0.2) is 0 Å². The number of hydrogen-bond acceptors (Lipinski definition) is 0. The van der Waals surface area contributed by atoms with E-state index in [1.54, 1.807) is 0 Å². The van der Waals surface area contributed by atoms with Gasteiger partial charge >= 0.3 is 0 Å². The van der Waals surface area contributed by atoms with Crippen LogP contribution in [0.2, 0.25) is 5.02 Å². The van der Waals surface area contributed by atoms with Crippen LogP contribution in [0.4, 0.5) is 0 Å². The van der Waals surface area contributed by atoms with Crippen molar-refractivity contribution in [3.05, 3.63) is 47.0 Å². The molecule has 0 spiro atoms. The number of rotatable bonds is 3. The van der Waals surface area contributed by atoms with E-state index >= 15 is 0 Å². The highest BCUT2D eigenvalue weighted by molar-refractivity contribution is 6.31. The van der Waals surface area contributed by atoms with Crippen molar-refractivity contribution < 1.29 is 0 Å². The molecule has 0 aromatic heterocycles. The second-order valence-electron chi connectivity index (χ2n) is 2.87. The predicted octanol–water partition coefficient (Wildman–Crippen LogP) is 3.85.